The molecule has 0 saturated carbocycles. The Kier molecular flexibility index (Phi) is 4.25. The molecule has 0 aromatic heterocycles. The molecular formula is C11H14O6. The molecule has 0 bridgehead atoms. The summed E-state index contributed by atoms with van der Waals surface area (Å²) in [5.74, 6) is -1.76. The van der Waals surface area contributed by atoms with Crippen LogP contribution < -0.4 is 0 Å². The third-order valence-electron chi connectivity index (χ3n) is 2.30. The van der Waals surface area contributed by atoms with E-state index in [9.17, 15) is 14.4 Å². The fourth-order valence-corrected chi connectivity index (χ4v) is 1.28. The second kappa shape index (κ2) is 5.47. The van der Waals surface area contributed by atoms with Crippen LogP contribution in [0.3, 0.4) is 0 Å². The van der Waals surface area contributed by atoms with Gasteiger partial charge >= 0.3 is 17.9 Å². The van der Waals surface area contributed by atoms with Gasteiger partial charge in [0.2, 0.25) is 5.60 Å². The summed E-state index contributed by atoms with van der Waals surface area (Å²) < 4.78 is 14.3. The average molecular weight is 242 g/mol. The zero-order valence-corrected chi connectivity index (χ0v) is 9.56. The van der Waals surface area contributed by atoms with E-state index in [0.717, 1.165) is 6.08 Å². The lowest BCUT2D eigenvalue weighted by atomic mass is 10.1. The Bertz CT molecular complexity index is 348. The molecule has 1 rings (SSSR count). The summed E-state index contributed by atoms with van der Waals surface area (Å²) in [5, 5.41) is 0. The molecule has 6 nitrogen and oxygen atoms in total. The minimum Gasteiger partial charge on any atom is -0.463 e. The molecule has 1 unspecified atom stereocenters. The number of hydrogen-bond donors (Lipinski definition) is 0. The molecule has 1 saturated heterocycles. The lowest BCUT2D eigenvalue weighted by Crippen LogP contribution is -2.36. The highest BCUT2D eigenvalue weighted by molar-refractivity contribution is 5.84. The van der Waals surface area contributed by atoms with Crippen molar-refractivity contribution < 1.29 is 28.6 Å². The second-order valence-corrected chi connectivity index (χ2v) is 3.71. The molecule has 94 valence electrons. The zero-order valence-electron chi connectivity index (χ0n) is 9.56. The third-order valence-corrected chi connectivity index (χ3v) is 2.30. The van der Waals surface area contributed by atoms with Gasteiger partial charge in [0, 0.05) is 12.5 Å². The van der Waals surface area contributed by atoms with E-state index in [1.165, 1.54) is 6.92 Å². The molecule has 1 heterocycles. The van der Waals surface area contributed by atoms with Crippen molar-refractivity contribution in [3.8, 4) is 0 Å². The van der Waals surface area contributed by atoms with Gasteiger partial charge in [0.05, 0.1) is 13.0 Å². The van der Waals surface area contributed by atoms with Crippen LogP contribution in [0, 0.1) is 0 Å². The van der Waals surface area contributed by atoms with Crippen molar-refractivity contribution in [2.75, 3.05) is 13.2 Å². The Labute approximate surface area is 98.5 Å². The maximum atomic E-state index is 11.4. The van der Waals surface area contributed by atoms with Crippen molar-refractivity contribution in [3.63, 3.8) is 0 Å². The molecule has 6 heteroatoms. The molecular weight excluding hydrogens is 228 g/mol. The summed E-state index contributed by atoms with van der Waals surface area (Å²) >= 11 is 0. The van der Waals surface area contributed by atoms with E-state index in [2.05, 4.69) is 11.3 Å². The lowest BCUT2D eigenvalue weighted by Gasteiger charge is -2.19. The van der Waals surface area contributed by atoms with Gasteiger partial charge in [0.25, 0.3) is 0 Å². The van der Waals surface area contributed by atoms with Crippen LogP contribution in [0.4, 0.5) is 0 Å². The minimum atomic E-state index is -1.21. The Morgan fingerprint density at radius 1 is 1.59 bits per heavy atom. The summed E-state index contributed by atoms with van der Waals surface area (Å²) in [7, 11) is 0. The van der Waals surface area contributed by atoms with Crippen LogP contribution in [0.15, 0.2) is 12.7 Å². The summed E-state index contributed by atoms with van der Waals surface area (Å²) in [4.78, 5) is 33.3. The molecule has 0 aliphatic carbocycles. The fourth-order valence-electron chi connectivity index (χ4n) is 1.28. The van der Waals surface area contributed by atoms with E-state index in [1.807, 2.05) is 0 Å². The van der Waals surface area contributed by atoms with E-state index in [0.29, 0.717) is 6.42 Å². The normalized spacial score (nSPS) is 22.8. The van der Waals surface area contributed by atoms with Crippen LogP contribution in [-0.4, -0.2) is 36.7 Å². The van der Waals surface area contributed by atoms with Crippen LogP contribution in [0.1, 0.15) is 19.8 Å². The molecule has 0 spiro atoms. The molecule has 0 aromatic carbocycles. The van der Waals surface area contributed by atoms with Crippen molar-refractivity contribution in [3.05, 3.63) is 12.7 Å². The summed E-state index contributed by atoms with van der Waals surface area (Å²) in [6, 6.07) is 0. The van der Waals surface area contributed by atoms with E-state index >= 15 is 0 Å². The van der Waals surface area contributed by atoms with Crippen LogP contribution in [-0.2, 0) is 28.6 Å². The van der Waals surface area contributed by atoms with Crippen LogP contribution in [0.5, 0.6) is 0 Å². The molecule has 0 radical (unpaired) electrons. The average Bonchev–Trinajstić information content (AvgIpc) is 2.58. The first-order valence-corrected chi connectivity index (χ1v) is 5.16. The largest absolute Gasteiger partial charge is 0.463 e. The number of hydrogen-bond acceptors (Lipinski definition) is 6. The van der Waals surface area contributed by atoms with Crippen LogP contribution in [0.2, 0.25) is 0 Å². The monoisotopic (exact) mass is 242 g/mol. The van der Waals surface area contributed by atoms with Crippen molar-refractivity contribution in [1.82, 2.24) is 0 Å². The quantitative estimate of drug-likeness (QED) is 0.393. The number of rotatable bonds is 5. The molecule has 0 amide bonds. The SMILES string of the molecule is C=CC(=O)OCCC(=O)OC1(C)CCOC1=O. The maximum absolute atomic E-state index is 11.4. The highest BCUT2D eigenvalue weighted by atomic mass is 16.6. The van der Waals surface area contributed by atoms with Gasteiger partial charge in [-0.1, -0.05) is 6.58 Å². The molecule has 1 aliphatic heterocycles. The highest BCUT2D eigenvalue weighted by Crippen LogP contribution is 2.24. The Hall–Kier alpha value is -1.85. The number of esters is 3. The number of cyclic esters (lactones) is 1. The van der Waals surface area contributed by atoms with Gasteiger partial charge < -0.3 is 14.2 Å². The number of ether oxygens (including phenoxy) is 3. The summed E-state index contributed by atoms with van der Waals surface area (Å²) in [5.41, 5.74) is -1.21. The van der Waals surface area contributed by atoms with E-state index in [-0.39, 0.29) is 19.6 Å². The standard InChI is InChI=1S/C11H14O6/c1-3-8(12)15-6-4-9(13)17-11(2)5-7-16-10(11)14/h3H,1,4-7H2,2H3. The predicted octanol–water partition coefficient (Wildman–Crippen LogP) is 0.354. The van der Waals surface area contributed by atoms with Crippen LogP contribution in [0.25, 0.3) is 0 Å². The number of carbonyl (C=O) groups excluding carboxylic acids is 3. The highest BCUT2D eigenvalue weighted by Gasteiger charge is 2.43. The summed E-state index contributed by atoms with van der Waals surface area (Å²) in [6.07, 6.45) is 1.23. The van der Waals surface area contributed by atoms with Gasteiger partial charge in [0.15, 0.2) is 0 Å². The Balaban J connectivity index is 2.32. The van der Waals surface area contributed by atoms with Gasteiger partial charge in [-0.2, -0.15) is 0 Å². The summed E-state index contributed by atoms with van der Waals surface area (Å²) in [6.45, 7) is 4.85. The molecule has 0 N–H and O–H groups in total. The Morgan fingerprint density at radius 3 is 2.82 bits per heavy atom. The predicted molar refractivity (Wildman–Crippen MR) is 55.8 cm³/mol. The molecule has 0 aromatic rings. The molecule has 1 aliphatic rings. The second-order valence-electron chi connectivity index (χ2n) is 3.71. The van der Waals surface area contributed by atoms with Gasteiger partial charge in [-0.05, 0) is 6.92 Å². The van der Waals surface area contributed by atoms with Crippen LogP contribution >= 0.6 is 0 Å². The van der Waals surface area contributed by atoms with Crippen molar-refractivity contribution in [1.29, 1.82) is 0 Å². The van der Waals surface area contributed by atoms with Crippen molar-refractivity contribution in [2.45, 2.75) is 25.4 Å². The first-order chi connectivity index (χ1) is 7.98. The minimum absolute atomic E-state index is 0.102. The zero-order chi connectivity index (χ0) is 12.9. The van der Waals surface area contributed by atoms with E-state index < -0.39 is 23.5 Å². The first kappa shape index (κ1) is 13.2. The smallest absolute Gasteiger partial charge is 0.350 e. The van der Waals surface area contributed by atoms with Crippen molar-refractivity contribution >= 4 is 17.9 Å². The maximum Gasteiger partial charge on any atom is 0.350 e. The van der Waals surface area contributed by atoms with Crippen molar-refractivity contribution in [2.24, 2.45) is 0 Å². The number of carbonyl (C=O) groups is 3. The van der Waals surface area contributed by atoms with E-state index in [1.54, 1.807) is 0 Å². The van der Waals surface area contributed by atoms with E-state index in [4.69, 9.17) is 9.47 Å². The molecule has 17 heavy (non-hydrogen) atoms. The third kappa shape index (κ3) is 3.58. The lowest BCUT2D eigenvalue weighted by molar-refractivity contribution is -0.171. The van der Waals surface area contributed by atoms with Gasteiger partial charge in [-0.3, -0.25) is 4.79 Å². The molecule has 1 fully saturated rings. The Morgan fingerprint density at radius 2 is 2.29 bits per heavy atom. The molecule has 1 atom stereocenters. The fraction of sp³-hybridized carbons (Fsp3) is 0.545. The van der Waals surface area contributed by atoms with Gasteiger partial charge in [-0.25, -0.2) is 9.59 Å². The topological polar surface area (TPSA) is 78.9 Å². The van der Waals surface area contributed by atoms with Gasteiger partial charge in [-0.15, -0.1) is 0 Å². The first-order valence-electron chi connectivity index (χ1n) is 5.16. The van der Waals surface area contributed by atoms with Gasteiger partial charge in [0.1, 0.15) is 6.61 Å².